The molecule has 4 aliphatic rings. The first-order chi connectivity index (χ1) is 11.0. The maximum absolute atomic E-state index is 12.0. The van der Waals surface area contributed by atoms with Gasteiger partial charge >= 0.3 is 0 Å². The van der Waals surface area contributed by atoms with Crippen LogP contribution >= 0.6 is 11.8 Å². The van der Waals surface area contributed by atoms with E-state index >= 15 is 0 Å². The van der Waals surface area contributed by atoms with E-state index in [1.54, 1.807) is 0 Å². The number of rotatable bonds is 2. The molecule has 1 amide bonds. The number of aliphatic imine (C=N–C) groups is 1. The SMILES string of the molecule is N#CCC(=O)N=C1S[C@H]2CS(=O)(=O)C[C@H]2N1[C@H]1C[C@H]2CC[C@H]1C2. The molecule has 0 aromatic carbocycles. The fourth-order valence-corrected chi connectivity index (χ4v) is 8.73. The minimum Gasteiger partial charge on any atom is -0.343 e. The van der Waals surface area contributed by atoms with Crippen molar-refractivity contribution in [2.24, 2.45) is 16.8 Å². The molecule has 0 unspecified atom stereocenters. The third kappa shape index (κ3) is 2.68. The second kappa shape index (κ2) is 5.49. The molecule has 2 bridgehead atoms. The van der Waals surface area contributed by atoms with E-state index in [9.17, 15) is 13.2 Å². The summed E-state index contributed by atoms with van der Waals surface area (Å²) < 4.78 is 24.0. The van der Waals surface area contributed by atoms with Crippen molar-refractivity contribution in [3.05, 3.63) is 0 Å². The van der Waals surface area contributed by atoms with Crippen molar-refractivity contribution in [1.29, 1.82) is 5.26 Å². The zero-order valence-electron chi connectivity index (χ0n) is 12.7. The van der Waals surface area contributed by atoms with Gasteiger partial charge in [-0.25, -0.2) is 8.42 Å². The molecule has 0 aromatic heterocycles. The summed E-state index contributed by atoms with van der Waals surface area (Å²) in [5.41, 5.74) is 0. The van der Waals surface area contributed by atoms with Crippen molar-refractivity contribution in [2.75, 3.05) is 11.5 Å². The highest BCUT2D eigenvalue weighted by atomic mass is 32.2. The molecule has 2 heterocycles. The minimum atomic E-state index is -3.00. The van der Waals surface area contributed by atoms with Gasteiger partial charge in [0.15, 0.2) is 15.0 Å². The van der Waals surface area contributed by atoms with Gasteiger partial charge in [0, 0.05) is 11.3 Å². The van der Waals surface area contributed by atoms with Crippen LogP contribution in [0, 0.1) is 23.2 Å². The monoisotopic (exact) mass is 353 g/mol. The fourth-order valence-electron chi connectivity index (χ4n) is 4.74. The van der Waals surface area contributed by atoms with Crippen molar-refractivity contribution in [2.45, 2.75) is 49.4 Å². The minimum absolute atomic E-state index is 0.0206. The van der Waals surface area contributed by atoms with Gasteiger partial charge in [-0.15, -0.1) is 0 Å². The van der Waals surface area contributed by atoms with Gasteiger partial charge in [0.05, 0.1) is 23.6 Å². The molecule has 0 N–H and O–H groups in total. The molecular formula is C15H19N3O3S2. The van der Waals surface area contributed by atoms with Crippen molar-refractivity contribution in [1.82, 2.24) is 4.90 Å². The normalized spacial score (nSPS) is 42.1. The molecule has 2 saturated heterocycles. The molecule has 8 heteroatoms. The standard InChI is InChI=1S/C15H19N3O3S2/c16-4-3-14(19)17-15-18(11-6-9-1-2-10(11)5-9)12-7-23(20,21)8-13(12)22-15/h9-13H,1-3,5-8H2/t9-,10-,11-,12+,13-/m0/s1. The molecule has 6 nitrogen and oxygen atoms in total. The lowest BCUT2D eigenvalue weighted by molar-refractivity contribution is -0.116. The number of hydrogen-bond donors (Lipinski definition) is 0. The molecule has 124 valence electrons. The zero-order valence-corrected chi connectivity index (χ0v) is 14.4. The van der Waals surface area contributed by atoms with Gasteiger partial charge in [0.25, 0.3) is 5.91 Å². The topological polar surface area (TPSA) is 90.6 Å². The van der Waals surface area contributed by atoms with E-state index in [0.717, 1.165) is 12.3 Å². The number of thioether (sulfide) groups is 1. The number of sulfone groups is 1. The quantitative estimate of drug-likeness (QED) is 0.740. The van der Waals surface area contributed by atoms with E-state index in [0.29, 0.717) is 17.1 Å². The fraction of sp³-hybridized carbons (Fsp3) is 0.800. The van der Waals surface area contributed by atoms with Crippen LogP contribution in [-0.4, -0.2) is 53.2 Å². The lowest BCUT2D eigenvalue weighted by atomic mass is 9.93. The Labute approximate surface area is 140 Å². The second-order valence-electron chi connectivity index (χ2n) is 7.07. The summed E-state index contributed by atoms with van der Waals surface area (Å²) in [5.74, 6) is 1.25. The Bertz CT molecular complexity index is 712. The Morgan fingerprint density at radius 2 is 2.13 bits per heavy atom. The zero-order chi connectivity index (χ0) is 16.2. The summed E-state index contributed by atoms with van der Waals surface area (Å²) >= 11 is 1.43. The van der Waals surface area contributed by atoms with Crippen molar-refractivity contribution >= 4 is 32.7 Å². The lowest BCUT2D eigenvalue weighted by Gasteiger charge is -2.36. The van der Waals surface area contributed by atoms with E-state index in [2.05, 4.69) is 9.89 Å². The smallest absolute Gasteiger partial charge is 0.262 e. The first kappa shape index (κ1) is 15.5. The van der Waals surface area contributed by atoms with Crippen molar-refractivity contribution < 1.29 is 13.2 Å². The molecule has 2 saturated carbocycles. The molecule has 5 atom stereocenters. The van der Waals surface area contributed by atoms with Crippen LogP contribution in [0.5, 0.6) is 0 Å². The number of fused-ring (bicyclic) bond motifs is 3. The number of carbonyl (C=O) groups excluding carboxylic acids is 1. The third-order valence-electron chi connectivity index (χ3n) is 5.62. The Balaban J connectivity index is 1.64. The van der Waals surface area contributed by atoms with E-state index < -0.39 is 15.7 Å². The van der Waals surface area contributed by atoms with Gasteiger partial charge in [0.1, 0.15) is 6.42 Å². The summed E-state index contributed by atoms with van der Waals surface area (Å²) in [5, 5.41) is 9.30. The first-order valence-electron chi connectivity index (χ1n) is 8.11. The summed E-state index contributed by atoms with van der Waals surface area (Å²) in [6.45, 7) is 0. The number of nitrogens with zero attached hydrogens (tertiary/aromatic N) is 3. The molecule has 0 spiro atoms. The molecular weight excluding hydrogens is 334 g/mol. The predicted molar refractivity (Wildman–Crippen MR) is 87.6 cm³/mol. The average molecular weight is 353 g/mol. The summed E-state index contributed by atoms with van der Waals surface area (Å²) in [6.07, 6.45) is 4.55. The number of amidine groups is 1. The van der Waals surface area contributed by atoms with Crippen LogP contribution in [0.1, 0.15) is 32.1 Å². The van der Waals surface area contributed by atoms with E-state index in [-0.39, 0.29) is 29.2 Å². The lowest BCUT2D eigenvalue weighted by Crippen LogP contribution is -2.47. The van der Waals surface area contributed by atoms with Crippen LogP contribution in [0.3, 0.4) is 0 Å². The van der Waals surface area contributed by atoms with Crippen LogP contribution in [0.15, 0.2) is 4.99 Å². The Hall–Kier alpha value is -1.07. The summed E-state index contributed by atoms with van der Waals surface area (Å²) in [4.78, 5) is 18.1. The molecule has 0 aromatic rings. The number of hydrogen-bond acceptors (Lipinski definition) is 5. The number of nitriles is 1. The van der Waals surface area contributed by atoms with Gasteiger partial charge in [-0.2, -0.15) is 10.3 Å². The molecule has 0 radical (unpaired) electrons. The maximum atomic E-state index is 12.0. The highest BCUT2D eigenvalue weighted by Gasteiger charge is 2.54. The molecule has 23 heavy (non-hydrogen) atoms. The highest BCUT2D eigenvalue weighted by Crippen LogP contribution is 2.51. The van der Waals surface area contributed by atoms with Crippen LogP contribution in [0.4, 0.5) is 0 Å². The van der Waals surface area contributed by atoms with E-state index in [4.69, 9.17) is 5.26 Å². The van der Waals surface area contributed by atoms with Gasteiger partial charge in [0.2, 0.25) is 0 Å². The average Bonchev–Trinajstić information content (AvgIpc) is 3.18. The summed E-state index contributed by atoms with van der Waals surface area (Å²) in [6, 6.07) is 2.10. The predicted octanol–water partition coefficient (Wildman–Crippen LogP) is 1.19. The number of carbonyl (C=O) groups is 1. The second-order valence-corrected chi connectivity index (χ2v) is 10.4. The molecule has 2 aliphatic carbocycles. The molecule has 4 fully saturated rings. The first-order valence-corrected chi connectivity index (χ1v) is 10.8. The van der Waals surface area contributed by atoms with E-state index in [1.807, 2.05) is 6.07 Å². The van der Waals surface area contributed by atoms with Crippen molar-refractivity contribution in [3.8, 4) is 6.07 Å². The van der Waals surface area contributed by atoms with Gasteiger partial charge in [-0.3, -0.25) is 4.79 Å². The molecule has 4 rings (SSSR count). The Kier molecular flexibility index (Phi) is 3.69. The largest absolute Gasteiger partial charge is 0.343 e. The van der Waals surface area contributed by atoms with Crippen molar-refractivity contribution in [3.63, 3.8) is 0 Å². The Morgan fingerprint density at radius 1 is 1.30 bits per heavy atom. The van der Waals surface area contributed by atoms with Gasteiger partial charge in [-0.1, -0.05) is 18.2 Å². The van der Waals surface area contributed by atoms with Gasteiger partial charge < -0.3 is 4.90 Å². The third-order valence-corrected chi connectivity index (χ3v) is 8.84. The van der Waals surface area contributed by atoms with Crippen LogP contribution in [0.2, 0.25) is 0 Å². The van der Waals surface area contributed by atoms with Crippen LogP contribution < -0.4 is 0 Å². The Morgan fingerprint density at radius 3 is 2.78 bits per heavy atom. The van der Waals surface area contributed by atoms with Gasteiger partial charge in [-0.05, 0) is 31.1 Å². The maximum Gasteiger partial charge on any atom is 0.262 e. The summed E-state index contributed by atoms with van der Waals surface area (Å²) in [7, 11) is -3.00. The van der Waals surface area contributed by atoms with Crippen LogP contribution in [-0.2, 0) is 14.6 Å². The van der Waals surface area contributed by atoms with Crippen LogP contribution in [0.25, 0.3) is 0 Å². The van der Waals surface area contributed by atoms with E-state index in [1.165, 1.54) is 31.0 Å². The molecule has 2 aliphatic heterocycles. The number of amides is 1. The highest BCUT2D eigenvalue weighted by molar-refractivity contribution is 8.15.